The molecule has 0 aliphatic rings. The van der Waals surface area contributed by atoms with Crippen LogP contribution in [-0.4, -0.2) is 30.8 Å². The van der Waals surface area contributed by atoms with Gasteiger partial charge in [-0.1, -0.05) is 24.9 Å². The topological polar surface area (TPSA) is 58.6 Å². The lowest BCUT2D eigenvalue weighted by Crippen LogP contribution is -2.25. The summed E-state index contributed by atoms with van der Waals surface area (Å²) in [5.41, 5.74) is 0.471. The summed E-state index contributed by atoms with van der Waals surface area (Å²) in [6.07, 6.45) is 2.49. The number of aliphatic hydroxyl groups excluding tert-OH is 1. The summed E-state index contributed by atoms with van der Waals surface area (Å²) in [6, 6.07) is 4.93. The molecule has 0 heterocycles. The molecule has 0 aliphatic carbocycles. The number of hydrogen-bond donors (Lipinski definition) is 2. The van der Waals surface area contributed by atoms with Gasteiger partial charge >= 0.3 is 0 Å². The minimum atomic E-state index is -0.163. The highest BCUT2D eigenvalue weighted by molar-refractivity contribution is 6.30. The molecule has 0 spiro atoms. The zero-order valence-corrected chi connectivity index (χ0v) is 11.9. The third kappa shape index (κ3) is 5.49. The molecule has 4 nitrogen and oxygen atoms in total. The molecule has 0 unspecified atom stereocenters. The van der Waals surface area contributed by atoms with E-state index in [1.165, 1.54) is 0 Å². The van der Waals surface area contributed by atoms with Gasteiger partial charge in [-0.25, -0.2) is 0 Å². The zero-order chi connectivity index (χ0) is 14.1. The predicted molar refractivity (Wildman–Crippen MR) is 75.9 cm³/mol. The second-order valence-electron chi connectivity index (χ2n) is 4.18. The molecule has 0 aliphatic heterocycles. The fraction of sp³-hybridized carbons (Fsp3) is 0.500. The van der Waals surface area contributed by atoms with E-state index in [1.807, 2.05) is 0 Å². The van der Waals surface area contributed by atoms with Crippen LogP contribution in [0.4, 0.5) is 0 Å². The fourth-order valence-electron chi connectivity index (χ4n) is 1.52. The van der Waals surface area contributed by atoms with Gasteiger partial charge in [0.15, 0.2) is 0 Å². The summed E-state index contributed by atoms with van der Waals surface area (Å²) >= 11 is 5.90. The van der Waals surface area contributed by atoms with Gasteiger partial charge in [-0.2, -0.15) is 0 Å². The Morgan fingerprint density at radius 2 is 2.21 bits per heavy atom. The highest BCUT2D eigenvalue weighted by Crippen LogP contribution is 2.23. The van der Waals surface area contributed by atoms with Gasteiger partial charge in [0.2, 0.25) is 0 Å². The summed E-state index contributed by atoms with van der Waals surface area (Å²) in [6.45, 7) is 3.12. The van der Waals surface area contributed by atoms with Gasteiger partial charge in [0.25, 0.3) is 5.91 Å². The standard InChI is InChI=1S/C14H20ClNO3/c1-2-3-7-16-14(18)12-6-5-11(15)10-13(12)19-9-4-8-17/h5-6,10,17H,2-4,7-9H2,1H3,(H,16,18). The van der Waals surface area contributed by atoms with Gasteiger partial charge in [0, 0.05) is 24.6 Å². The van der Waals surface area contributed by atoms with Crippen LogP contribution in [0.2, 0.25) is 5.02 Å². The van der Waals surface area contributed by atoms with Crippen molar-refractivity contribution in [3.05, 3.63) is 28.8 Å². The molecule has 0 saturated heterocycles. The van der Waals surface area contributed by atoms with E-state index in [1.54, 1.807) is 18.2 Å². The first kappa shape index (κ1) is 15.8. The average Bonchev–Trinajstić information content (AvgIpc) is 2.39. The zero-order valence-electron chi connectivity index (χ0n) is 11.1. The largest absolute Gasteiger partial charge is 0.493 e. The van der Waals surface area contributed by atoms with Crippen LogP contribution >= 0.6 is 11.6 Å². The van der Waals surface area contributed by atoms with E-state index in [0.29, 0.717) is 35.9 Å². The van der Waals surface area contributed by atoms with E-state index in [9.17, 15) is 4.79 Å². The Hall–Kier alpha value is -1.26. The highest BCUT2D eigenvalue weighted by Gasteiger charge is 2.12. The number of hydrogen-bond acceptors (Lipinski definition) is 3. The monoisotopic (exact) mass is 285 g/mol. The lowest BCUT2D eigenvalue weighted by atomic mass is 10.2. The Balaban J connectivity index is 2.71. The minimum absolute atomic E-state index is 0.0542. The molecule has 2 N–H and O–H groups in total. The van der Waals surface area contributed by atoms with Crippen LogP contribution in [-0.2, 0) is 0 Å². The van der Waals surface area contributed by atoms with E-state index in [4.69, 9.17) is 21.4 Å². The van der Waals surface area contributed by atoms with Gasteiger partial charge in [-0.05, 0) is 24.6 Å². The first-order valence-electron chi connectivity index (χ1n) is 6.50. The van der Waals surface area contributed by atoms with Gasteiger partial charge in [0.05, 0.1) is 12.2 Å². The van der Waals surface area contributed by atoms with Crippen LogP contribution in [0, 0.1) is 0 Å². The van der Waals surface area contributed by atoms with Crippen molar-refractivity contribution >= 4 is 17.5 Å². The van der Waals surface area contributed by atoms with Gasteiger partial charge in [-0.15, -0.1) is 0 Å². The molecule has 5 heteroatoms. The Kier molecular flexibility index (Phi) is 7.30. The Labute approximate surface area is 118 Å². The first-order chi connectivity index (χ1) is 9.19. The molecule has 0 atom stereocenters. The number of benzene rings is 1. The number of halogens is 1. The molecule has 106 valence electrons. The van der Waals surface area contributed by atoms with Gasteiger partial charge < -0.3 is 15.2 Å². The molecule has 0 bridgehead atoms. The Bertz CT molecular complexity index is 410. The van der Waals surface area contributed by atoms with Crippen molar-refractivity contribution in [3.63, 3.8) is 0 Å². The van der Waals surface area contributed by atoms with Crippen LogP contribution in [0.5, 0.6) is 5.75 Å². The molecule has 0 aromatic heterocycles. The fourth-order valence-corrected chi connectivity index (χ4v) is 1.69. The van der Waals surface area contributed by atoms with Crippen molar-refractivity contribution in [2.75, 3.05) is 19.8 Å². The molecule has 0 saturated carbocycles. The number of unbranched alkanes of at least 4 members (excludes halogenated alkanes) is 1. The molecule has 0 fully saturated rings. The third-order valence-corrected chi connectivity index (χ3v) is 2.80. The molecule has 19 heavy (non-hydrogen) atoms. The number of aliphatic hydroxyl groups is 1. The van der Waals surface area contributed by atoms with Crippen LogP contribution in [0.3, 0.4) is 0 Å². The van der Waals surface area contributed by atoms with Crippen molar-refractivity contribution in [1.82, 2.24) is 5.32 Å². The first-order valence-corrected chi connectivity index (χ1v) is 6.88. The van der Waals surface area contributed by atoms with E-state index in [-0.39, 0.29) is 12.5 Å². The van der Waals surface area contributed by atoms with Gasteiger partial charge in [-0.3, -0.25) is 4.79 Å². The summed E-state index contributed by atoms with van der Waals surface area (Å²) in [5.74, 6) is 0.291. The van der Waals surface area contributed by atoms with Crippen LogP contribution < -0.4 is 10.1 Å². The smallest absolute Gasteiger partial charge is 0.255 e. The van der Waals surface area contributed by atoms with E-state index in [2.05, 4.69) is 12.2 Å². The molecule has 1 aromatic rings. The second-order valence-corrected chi connectivity index (χ2v) is 4.61. The number of rotatable bonds is 8. The summed E-state index contributed by atoms with van der Waals surface area (Å²) < 4.78 is 5.48. The van der Waals surface area contributed by atoms with Crippen molar-refractivity contribution in [1.29, 1.82) is 0 Å². The number of carbonyl (C=O) groups excluding carboxylic acids is 1. The van der Waals surface area contributed by atoms with Crippen LogP contribution in [0.1, 0.15) is 36.5 Å². The lowest BCUT2D eigenvalue weighted by molar-refractivity contribution is 0.0949. The summed E-state index contributed by atoms with van der Waals surface area (Å²) in [4.78, 5) is 12.0. The quantitative estimate of drug-likeness (QED) is 0.722. The molecule has 1 amide bonds. The van der Waals surface area contributed by atoms with Crippen molar-refractivity contribution in [2.45, 2.75) is 26.2 Å². The highest BCUT2D eigenvalue weighted by atomic mass is 35.5. The van der Waals surface area contributed by atoms with Crippen LogP contribution in [0.15, 0.2) is 18.2 Å². The predicted octanol–water partition coefficient (Wildman–Crippen LogP) is 2.63. The molecule has 0 radical (unpaired) electrons. The normalized spacial score (nSPS) is 10.3. The third-order valence-electron chi connectivity index (χ3n) is 2.56. The second kappa shape index (κ2) is 8.77. The minimum Gasteiger partial charge on any atom is -0.493 e. The van der Waals surface area contributed by atoms with Gasteiger partial charge in [0.1, 0.15) is 5.75 Å². The Morgan fingerprint density at radius 1 is 1.42 bits per heavy atom. The van der Waals surface area contributed by atoms with Crippen molar-refractivity contribution in [3.8, 4) is 5.75 Å². The molecular weight excluding hydrogens is 266 g/mol. The summed E-state index contributed by atoms with van der Waals surface area (Å²) in [5, 5.41) is 12.1. The van der Waals surface area contributed by atoms with Crippen LogP contribution in [0.25, 0.3) is 0 Å². The maximum Gasteiger partial charge on any atom is 0.255 e. The van der Waals surface area contributed by atoms with Crippen molar-refractivity contribution < 1.29 is 14.6 Å². The number of nitrogens with one attached hydrogen (secondary N) is 1. The summed E-state index contributed by atoms with van der Waals surface area (Å²) in [7, 11) is 0. The van der Waals surface area contributed by atoms with E-state index in [0.717, 1.165) is 12.8 Å². The van der Waals surface area contributed by atoms with E-state index < -0.39 is 0 Å². The Morgan fingerprint density at radius 3 is 2.89 bits per heavy atom. The number of ether oxygens (including phenoxy) is 1. The van der Waals surface area contributed by atoms with E-state index >= 15 is 0 Å². The molecular formula is C14H20ClNO3. The SMILES string of the molecule is CCCCNC(=O)c1ccc(Cl)cc1OCCCO. The molecule has 1 aromatic carbocycles. The maximum absolute atomic E-state index is 12.0. The number of amides is 1. The maximum atomic E-state index is 12.0. The average molecular weight is 286 g/mol. The molecule has 1 rings (SSSR count). The van der Waals surface area contributed by atoms with Crippen molar-refractivity contribution in [2.24, 2.45) is 0 Å². The number of carbonyl (C=O) groups is 1. The lowest BCUT2D eigenvalue weighted by Gasteiger charge is -2.11.